The van der Waals surface area contributed by atoms with Crippen LogP contribution in [-0.2, 0) is 10.9 Å². The Labute approximate surface area is 181 Å². The first kappa shape index (κ1) is 22.6. The number of rotatable bonds is 6. The number of hydrogen-bond acceptors (Lipinski definition) is 10. The van der Waals surface area contributed by atoms with Gasteiger partial charge in [0.2, 0.25) is 5.88 Å². The van der Waals surface area contributed by atoms with E-state index in [0.717, 1.165) is 31.4 Å². The predicted molar refractivity (Wildman–Crippen MR) is 104 cm³/mol. The molecule has 5 atom stereocenters. The zero-order valence-corrected chi connectivity index (χ0v) is 16.9. The summed E-state index contributed by atoms with van der Waals surface area (Å²) in [6.45, 7) is 1.62. The van der Waals surface area contributed by atoms with Crippen LogP contribution in [0.3, 0.4) is 0 Å². The molecule has 4 heterocycles. The Morgan fingerprint density at radius 3 is 2.69 bits per heavy atom. The number of nitrogens with zero attached hydrogens (tertiary/aromatic N) is 4. The van der Waals surface area contributed by atoms with Gasteiger partial charge in [0.1, 0.15) is 30.7 Å². The summed E-state index contributed by atoms with van der Waals surface area (Å²) >= 11 is 0. The minimum absolute atomic E-state index is 0.0900. The molecule has 0 bridgehead atoms. The van der Waals surface area contributed by atoms with Crippen LogP contribution in [0.1, 0.15) is 23.7 Å². The van der Waals surface area contributed by atoms with Crippen molar-refractivity contribution < 1.29 is 32.9 Å². The lowest BCUT2D eigenvalue weighted by Gasteiger charge is -2.37. The molecule has 2 saturated heterocycles. The van der Waals surface area contributed by atoms with Crippen molar-refractivity contribution in [3.63, 3.8) is 0 Å². The molecule has 0 aromatic carbocycles. The van der Waals surface area contributed by atoms with Crippen molar-refractivity contribution in [2.24, 2.45) is 0 Å². The smallest absolute Gasteiger partial charge is 0.434 e. The van der Waals surface area contributed by atoms with Gasteiger partial charge in [0.15, 0.2) is 5.69 Å². The molecule has 0 aliphatic carbocycles. The highest BCUT2D eigenvalue weighted by Gasteiger charge is 2.39. The van der Waals surface area contributed by atoms with Crippen LogP contribution in [0, 0.1) is 0 Å². The van der Waals surface area contributed by atoms with E-state index < -0.39 is 36.2 Å². The molecule has 4 N–H and O–H groups in total. The van der Waals surface area contributed by atoms with Gasteiger partial charge in [-0.2, -0.15) is 13.2 Å². The molecule has 2 aliphatic rings. The Hall–Kier alpha value is -2.61. The van der Waals surface area contributed by atoms with Crippen molar-refractivity contribution in [2.45, 2.75) is 42.9 Å². The van der Waals surface area contributed by atoms with Crippen LogP contribution in [0.5, 0.6) is 5.88 Å². The molecule has 0 saturated carbocycles. The summed E-state index contributed by atoms with van der Waals surface area (Å²) in [5.41, 5.74) is -0.296. The molecule has 0 spiro atoms. The molecule has 2 aromatic rings. The maximum atomic E-state index is 12.8. The van der Waals surface area contributed by atoms with E-state index in [-0.39, 0.29) is 24.9 Å². The zero-order chi connectivity index (χ0) is 22.7. The number of nitrogens with one attached hydrogen (secondary N) is 2. The molecule has 4 rings (SSSR count). The summed E-state index contributed by atoms with van der Waals surface area (Å²) in [5.74, 6) is 0.382. The normalized spacial score (nSPS) is 28.5. The second kappa shape index (κ2) is 9.48. The minimum atomic E-state index is -4.65. The summed E-state index contributed by atoms with van der Waals surface area (Å²) in [5, 5.41) is 26.7. The molecule has 1 unspecified atom stereocenters. The van der Waals surface area contributed by atoms with Gasteiger partial charge in [-0.05, 0) is 13.0 Å². The van der Waals surface area contributed by atoms with E-state index >= 15 is 0 Å². The first-order valence-electron chi connectivity index (χ1n) is 10.1. The number of aliphatic hydroxyl groups excluding tert-OH is 2. The molecule has 32 heavy (non-hydrogen) atoms. The molecule has 0 amide bonds. The topological polar surface area (TPSA) is 135 Å². The Morgan fingerprint density at radius 1 is 1.16 bits per heavy atom. The Bertz CT molecular complexity index is 897. The van der Waals surface area contributed by atoms with Gasteiger partial charge in [-0.1, -0.05) is 0 Å². The second-order valence-electron chi connectivity index (χ2n) is 7.67. The van der Waals surface area contributed by atoms with Gasteiger partial charge in [-0.3, -0.25) is 9.97 Å². The van der Waals surface area contributed by atoms with Crippen molar-refractivity contribution in [1.82, 2.24) is 25.3 Å². The fourth-order valence-corrected chi connectivity index (χ4v) is 3.60. The van der Waals surface area contributed by atoms with E-state index in [0.29, 0.717) is 12.1 Å². The van der Waals surface area contributed by atoms with Crippen molar-refractivity contribution in [3.05, 3.63) is 36.2 Å². The number of hydrogen-bond donors (Lipinski definition) is 4. The van der Waals surface area contributed by atoms with Gasteiger partial charge < -0.3 is 30.3 Å². The SMILES string of the molecule is O[C@@H]1[C@H](O)[C@@H](Nc2cncc(C(F)(F)F)n2)CO[C@@H]1COc1cnc(C2CCNC2)cn1. The highest BCUT2D eigenvalue weighted by atomic mass is 19.4. The largest absolute Gasteiger partial charge is 0.474 e. The molecular weight excluding hydrogens is 433 g/mol. The number of anilines is 1. The quantitative estimate of drug-likeness (QED) is 0.482. The van der Waals surface area contributed by atoms with E-state index in [1.165, 1.54) is 6.20 Å². The van der Waals surface area contributed by atoms with Gasteiger partial charge >= 0.3 is 6.18 Å². The van der Waals surface area contributed by atoms with Crippen LogP contribution in [0.25, 0.3) is 0 Å². The average Bonchev–Trinajstić information content (AvgIpc) is 3.31. The number of alkyl halides is 3. The van der Waals surface area contributed by atoms with Gasteiger partial charge in [0.25, 0.3) is 0 Å². The maximum absolute atomic E-state index is 12.8. The van der Waals surface area contributed by atoms with Gasteiger partial charge in [-0.25, -0.2) is 9.97 Å². The van der Waals surface area contributed by atoms with Crippen molar-refractivity contribution in [1.29, 1.82) is 0 Å². The van der Waals surface area contributed by atoms with Crippen LogP contribution in [0.15, 0.2) is 24.8 Å². The summed E-state index contributed by atoms with van der Waals surface area (Å²) in [4.78, 5) is 15.5. The highest BCUT2D eigenvalue weighted by Crippen LogP contribution is 2.28. The van der Waals surface area contributed by atoms with E-state index in [1.807, 2.05) is 0 Å². The van der Waals surface area contributed by atoms with Crippen LogP contribution in [0.4, 0.5) is 19.0 Å². The van der Waals surface area contributed by atoms with E-state index in [9.17, 15) is 23.4 Å². The first-order chi connectivity index (χ1) is 15.3. The molecule has 0 radical (unpaired) electrons. The lowest BCUT2D eigenvalue weighted by molar-refractivity contribution is -0.150. The summed E-state index contributed by atoms with van der Waals surface area (Å²) in [6, 6.07) is -0.891. The first-order valence-corrected chi connectivity index (χ1v) is 10.1. The van der Waals surface area contributed by atoms with Crippen molar-refractivity contribution in [2.75, 3.05) is 31.6 Å². The predicted octanol–water partition coefficient (Wildman–Crippen LogP) is 0.342. The fraction of sp³-hybridized carbons (Fsp3) is 0.579. The molecule has 13 heteroatoms. The Kier molecular flexibility index (Phi) is 6.69. The third-order valence-electron chi connectivity index (χ3n) is 5.41. The number of aromatic nitrogens is 4. The molecule has 2 aromatic heterocycles. The fourth-order valence-electron chi connectivity index (χ4n) is 3.60. The van der Waals surface area contributed by atoms with Crippen molar-refractivity contribution in [3.8, 4) is 5.88 Å². The third-order valence-corrected chi connectivity index (χ3v) is 5.41. The molecular formula is C19H23F3N6O4. The second-order valence-corrected chi connectivity index (χ2v) is 7.67. The number of halogens is 3. The van der Waals surface area contributed by atoms with Gasteiger partial charge in [0, 0.05) is 12.5 Å². The number of aliphatic hydroxyl groups is 2. The summed E-state index contributed by atoms with van der Waals surface area (Å²) < 4.78 is 49.5. The van der Waals surface area contributed by atoms with Crippen LogP contribution in [0.2, 0.25) is 0 Å². The van der Waals surface area contributed by atoms with Crippen LogP contribution < -0.4 is 15.4 Å². The molecule has 2 aliphatic heterocycles. The standard InChI is InChI=1S/C19H23F3N6O4/c20-19(21,22)14-5-24-6-15(28-14)27-12-8-31-13(18(30)17(12)29)9-32-16-7-25-11(4-26-16)10-1-2-23-3-10/h4-7,10,12-13,17-18,23,29-30H,1-3,8-9H2,(H,27,28)/t10?,12-,13+,17+,18-/m0/s1. The third kappa shape index (κ3) is 5.23. The monoisotopic (exact) mass is 456 g/mol. The number of ether oxygens (including phenoxy) is 2. The van der Waals surface area contributed by atoms with Crippen molar-refractivity contribution >= 4 is 5.82 Å². The van der Waals surface area contributed by atoms with Crippen LogP contribution >= 0.6 is 0 Å². The molecule has 10 nitrogen and oxygen atoms in total. The summed E-state index contributed by atoms with van der Waals surface area (Å²) in [6.07, 6.45) is -2.37. The van der Waals surface area contributed by atoms with E-state index in [2.05, 4.69) is 30.6 Å². The van der Waals surface area contributed by atoms with E-state index in [1.54, 1.807) is 6.20 Å². The lowest BCUT2D eigenvalue weighted by Crippen LogP contribution is -2.57. The lowest BCUT2D eigenvalue weighted by atomic mass is 9.98. The average molecular weight is 456 g/mol. The zero-order valence-electron chi connectivity index (χ0n) is 16.9. The molecule has 2 fully saturated rings. The maximum Gasteiger partial charge on any atom is 0.434 e. The summed E-state index contributed by atoms with van der Waals surface area (Å²) in [7, 11) is 0. The van der Waals surface area contributed by atoms with Gasteiger partial charge in [-0.15, -0.1) is 0 Å². The minimum Gasteiger partial charge on any atom is -0.474 e. The highest BCUT2D eigenvalue weighted by molar-refractivity contribution is 5.34. The molecule has 174 valence electrons. The Morgan fingerprint density at radius 2 is 2.00 bits per heavy atom. The van der Waals surface area contributed by atoms with Gasteiger partial charge in [0.05, 0.1) is 43.1 Å². The van der Waals surface area contributed by atoms with Crippen LogP contribution in [-0.4, -0.2) is 80.8 Å². The Balaban J connectivity index is 1.30. The van der Waals surface area contributed by atoms with E-state index in [4.69, 9.17) is 9.47 Å².